The molecule has 0 spiro atoms. The van der Waals surface area contributed by atoms with E-state index in [9.17, 15) is 9.59 Å². The van der Waals surface area contributed by atoms with Crippen LogP contribution in [0.4, 0.5) is 0 Å². The second kappa shape index (κ2) is 21.4. The van der Waals surface area contributed by atoms with E-state index in [1.807, 2.05) is 60.7 Å². The molecule has 192 valence electrons. The first-order valence-corrected chi connectivity index (χ1v) is 10.6. The Hall–Kier alpha value is -0.636. The summed E-state index contributed by atoms with van der Waals surface area (Å²) in [6.45, 7) is 7.57. The molecular weight excluding hydrogens is 499 g/mol. The van der Waals surface area contributed by atoms with Gasteiger partial charge in [-0.05, 0) is 24.0 Å². The molecule has 6 nitrogen and oxygen atoms in total. The van der Waals surface area contributed by atoms with Crippen molar-refractivity contribution in [3.63, 3.8) is 0 Å². The summed E-state index contributed by atoms with van der Waals surface area (Å²) in [7, 11) is 2.53. The van der Waals surface area contributed by atoms with Gasteiger partial charge in [-0.15, -0.1) is 0 Å². The summed E-state index contributed by atoms with van der Waals surface area (Å²) < 4.78 is 20.0. The molecule has 0 unspecified atom stereocenters. The zero-order valence-electron chi connectivity index (χ0n) is 20.7. The molecule has 35 heavy (non-hydrogen) atoms. The van der Waals surface area contributed by atoms with Gasteiger partial charge in [0.25, 0.3) is 0 Å². The summed E-state index contributed by atoms with van der Waals surface area (Å²) in [5, 5.41) is 0. The van der Waals surface area contributed by atoms with E-state index in [0.717, 1.165) is 24.2 Å². The zero-order valence-corrected chi connectivity index (χ0v) is 22.1. The van der Waals surface area contributed by atoms with Crippen molar-refractivity contribution in [1.82, 2.24) is 0 Å². The summed E-state index contributed by atoms with van der Waals surface area (Å²) in [6.07, 6.45) is 6.10. The van der Waals surface area contributed by atoms with Crippen molar-refractivity contribution in [2.24, 2.45) is 5.41 Å². The number of ether oxygens (including phenoxy) is 2. The quantitative estimate of drug-likeness (QED) is 0.336. The van der Waals surface area contributed by atoms with Crippen LogP contribution in [-0.2, 0) is 28.4 Å². The Kier molecular flexibility index (Phi) is 22.4. The molecular formula is C26H33Ar2BO6. The Morgan fingerprint density at radius 2 is 1.29 bits per heavy atom. The van der Waals surface area contributed by atoms with Gasteiger partial charge >= 0.3 is 19.1 Å². The molecule has 1 saturated heterocycles. The van der Waals surface area contributed by atoms with E-state index in [1.165, 1.54) is 26.4 Å². The minimum atomic E-state index is -0.334. The van der Waals surface area contributed by atoms with Gasteiger partial charge in [0.2, 0.25) is 0 Å². The number of rotatable bonds is 4. The van der Waals surface area contributed by atoms with Gasteiger partial charge in [-0.25, -0.2) is 9.59 Å². The Balaban J connectivity index is 0. The maximum atomic E-state index is 10.7. The van der Waals surface area contributed by atoms with Crippen molar-refractivity contribution in [2.45, 2.75) is 20.8 Å². The molecule has 3 rings (SSSR count). The Bertz CT molecular complexity index is 879. The summed E-state index contributed by atoms with van der Waals surface area (Å²) in [5.74, 6) is -0.638. The molecule has 0 amide bonds. The van der Waals surface area contributed by atoms with Crippen LogP contribution in [0.1, 0.15) is 26.3 Å². The van der Waals surface area contributed by atoms with Gasteiger partial charge in [0, 0.05) is 106 Å². The molecule has 0 aliphatic carbocycles. The van der Waals surface area contributed by atoms with Gasteiger partial charge in [-0.3, -0.25) is 0 Å². The first kappa shape index (κ1) is 36.5. The predicted octanol–water partition coefficient (Wildman–Crippen LogP) is 4.06. The molecule has 9 heteroatoms. The van der Waals surface area contributed by atoms with Crippen LogP contribution in [0.15, 0.2) is 78.9 Å². The zero-order chi connectivity index (χ0) is 24.5. The van der Waals surface area contributed by atoms with Crippen molar-refractivity contribution >= 4 is 30.6 Å². The predicted molar refractivity (Wildman–Crippen MR) is 132 cm³/mol. The molecule has 1 heterocycles. The van der Waals surface area contributed by atoms with Gasteiger partial charge in [-0.2, -0.15) is 0 Å². The van der Waals surface area contributed by atoms with Gasteiger partial charge < -0.3 is 18.8 Å². The van der Waals surface area contributed by atoms with Crippen LogP contribution < -0.4 is 5.46 Å². The van der Waals surface area contributed by atoms with E-state index in [1.54, 1.807) is 19.1 Å². The Morgan fingerprint density at radius 1 is 0.829 bits per heavy atom. The van der Waals surface area contributed by atoms with Gasteiger partial charge in [0.1, 0.15) is 0 Å². The topological polar surface area (TPSA) is 71.1 Å². The normalized spacial score (nSPS) is 13.7. The molecule has 2 aromatic rings. The number of methoxy groups -OCH3 is 2. The number of allylic oxidation sites excluding steroid dienone is 1. The van der Waals surface area contributed by atoms with Crippen LogP contribution in [-0.4, -0.2) is 46.5 Å². The number of benzene rings is 2. The maximum Gasteiger partial charge on any atom is 0.493 e. The molecule has 0 radical (unpaired) electrons. The molecule has 1 aliphatic heterocycles. The standard InChI is InChI=1S/C11H15BO2.C10H10O2.C5H8O2.2Ar/c1-11(2)8-13-12(14-9-11)10-6-4-3-5-7-10;1-12-10(11)8-7-9-5-3-2-4-6-9;1-3-4-5(6)7-2;;/h3-7H,8-9H2,1-2H3;2-8H,1H3;3-4H,1-2H3;;/b;8-7-;4-3-;;. The molecule has 2 aromatic carbocycles. The molecule has 0 N–H and O–H groups in total. The molecule has 0 atom stereocenters. The van der Waals surface area contributed by atoms with E-state index in [0.29, 0.717) is 0 Å². The summed E-state index contributed by atoms with van der Waals surface area (Å²) in [5.41, 5.74) is 2.23. The van der Waals surface area contributed by atoms with E-state index >= 15 is 0 Å². The van der Waals surface area contributed by atoms with Crippen LogP contribution >= 0.6 is 0 Å². The fourth-order valence-electron chi connectivity index (χ4n) is 2.50. The van der Waals surface area contributed by atoms with E-state index in [2.05, 4.69) is 23.3 Å². The van der Waals surface area contributed by atoms with Crippen molar-refractivity contribution in [3.8, 4) is 0 Å². The number of esters is 2. The maximum absolute atomic E-state index is 10.7. The van der Waals surface area contributed by atoms with E-state index in [4.69, 9.17) is 9.31 Å². The van der Waals surface area contributed by atoms with Crippen LogP contribution in [0, 0.1) is 80.9 Å². The van der Waals surface area contributed by atoms with Crippen LogP contribution in [0.2, 0.25) is 0 Å². The average Bonchev–Trinajstić information content (AvgIpc) is 2.84. The SMILES string of the molecule is C/C=C\C(=O)OC.CC1(C)COB(c2ccccc2)OC1.COC(=O)/C=C\c1ccccc1.[Ar].[Ar]. The van der Waals surface area contributed by atoms with Crippen molar-refractivity contribution < 1.29 is 104 Å². The molecule has 1 aliphatic rings. The number of hydrogen-bond donors (Lipinski definition) is 0. The van der Waals surface area contributed by atoms with Crippen LogP contribution in [0.25, 0.3) is 6.08 Å². The Labute approximate surface area is 269 Å². The Morgan fingerprint density at radius 3 is 1.71 bits per heavy atom. The second-order valence-corrected chi connectivity index (χ2v) is 7.82. The van der Waals surface area contributed by atoms with Crippen LogP contribution in [0.5, 0.6) is 0 Å². The smallest absolute Gasteiger partial charge is 0.466 e. The monoisotopic (exact) mass is 532 g/mol. The molecule has 0 bridgehead atoms. The fourth-order valence-corrected chi connectivity index (χ4v) is 2.50. The first-order valence-electron chi connectivity index (χ1n) is 10.6. The van der Waals surface area contributed by atoms with Crippen molar-refractivity contribution in [2.75, 3.05) is 27.4 Å². The summed E-state index contributed by atoms with van der Waals surface area (Å²) >= 11 is 0. The first-order chi connectivity index (χ1) is 15.8. The van der Waals surface area contributed by atoms with Crippen LogP contribution in [0.3, 0.4) is 0 Å². The van der Waals surface area contributed by atoms with E-state index in [-0.39, 0.29) is 99.9 Å². The minimum Gasteiger partial charge on any atom is -0.466 e. The molecule has 0 saturated carbocycles. The van der Waals surface area contributed by atoms with Gasteiger partial charge in [0.15, 0.2) is 0 Å². The summed E-state index contributed by atoms with van der Waals surface area (Å²) in [6, 6.07) is 19.6. The van der Waals surface area contributed by atoms with E-state index < -0.39 is 0 Å². The number of carbonyl (C=O) groups excluding carboxylic acids is 2. The second-order valence-electron chi connectivity index (χ2n) is 7.82. The average molecular weight is 532 g/mol. The minimum absolute atomic E-state index is 0. The van der Waals surface area contributed by atoms with Crippen molar-refractivity contribution in [1.29, 1.82) is 0 Å². The molecule has 1 fully saturated rings. The number of hydrogen-bond acceptors (Lipinski definition) is 6. The fraction of sp³-hybridized carbons (Fsp3) is 0.308. The van der Waals surface area contributed by atoms with Gasteiger partial charge in [-0.1, -0.05) is 80.6 Å². The third kappa shape index (κ3) is 17.5. The summed E-state index contributed by atoms with van der Waals surface area (Å²) in [4.78, 5) is 20.8. The third-order valence-electron chi connectivity index (χ3n) is 4.24. The largest absolute Gasteiger partial charge is 0.493 e. The molecule has 0 aromatic heterocycles. The van der Waals surface area contributed by atoms with Crippen molar-refractivity contribution in [3.05, 3.63) is 84.5 Å². The number of carbonyl (C=O) groups is 2. The van der Waals surface area contributed by atoms with Gasteiger partial charge in [0.05, 0.1) is 14.2 Å². The third-order valence-corrected chi connectivity index (χ3v) is 4.24.